The molecular weight excluding hydrogens is 214 g/mol. The van der Waals surface area contributed by atoms with Crippen LogP contribution in [-0.2, 0) is 11.2 Å². The zero-order valence-electron chi connectivity index (χ0n) is 10.8. The first-order valence-electron chi connectivity index (χ1n) is 6.09. The lowest BCUT2D eigenvalue weighted by atomic mass is 10.1. The van der Waals surface area contributed by atoms with Crippen LogP contribution in [0.15, 0.2) is 24.3 Å². The van der Waals surface area contributed by atoms with Gasteiger partial charge < -0.3 is 10.5 Å². The first-order chi connectivity index (χ1) is 8.04. The first-order valence-corrected chi connectivity index (χ1v) is 6.09. The molecule has 2 N–H and O–H groups in total. The predicted octanol–water partition coefficient (Wildman–Crippen LogP) is 2.53. The molecule has 1 atom stereocenters. The van der Waals surface area contributed by atoms with Crippen molar-refractivity contribution in [3.63, 3.8) is 0 Å². The molecule has 0 saturated carbocycles. The van der Waals surface area contributed by atoms with Crippen LogP contribution in [-0.4, -0.2) is 12.0 Å². The van der Waals surface area contributed by atoms with Crippen molar-refractivity contribution in [2.24, 2.45) is 11.7 Å². The van der Waals surface area contributed by atoms with Crippen molar-refractivity contribution >= 4 is 5.91 Å². The standard InChI is InChI=1S/C14H21NO2/c1-4-5-11-6-8-12(9-7-11)17-13(10(2)3)14(15)16/h6-10,13H,4-5H2,1-3H3,(H2,15,16). The molecule has 0 aliphatic carbocycles. The molecule has 1 amide bonds. The second kappa shape index (κ2) is 6.28. The number of hydrogen-bond donors (Lipinski definition) is 1. The maximum atomic E-state index is 11.2. The number of nitrogens with two attached hydrogens (primary N) is 1. The van der Waals surface area contributed by atoms with Crippen molar-refractivity contribution < 1.29 is 9.53 Å². The molecule has 0 spiro atoms. The lowest BCUT2D eigenvalue weighted by Crippen LogP contribution is -2.37. The largest absolute Gasteiger partial charge is 0.480 e. The number of primary amides is 1. The second-order valence-corrected chi connectivity index (χ2v) is 4.58. The Balaban J connectivity index is 2.70. The maximum Gasteiger partial charge on any atom is 0.258 e. The normalized spacial score (nSPS) is 12.5. The van der Waals surface area contributed by atoms with Crippen LogP contribution in [0.4, 0.5) is 0 Å². The van der Waals surface area contributed by atoms with Crippen molar-refractivity contribution in [1.29, 1.82) is 0 Å². The van der Waals surface area contributed by atoms with Crippen molar-refractivity contribution in [2.45, 2.75) is 39.7 Å². The van der Waals surface area contributed by atoms with E-state index in [2.05, 4.69) is 6.92 Å². The third kappa shape index (κ3) is 4.10. The van der Waals surface area contributed by atoms with Gasteiger partial charge in [-0.15, -0.1) is 0 Å². The molecule has 17 heavy (non-hydrogen) atoms. The van der Waals surface area contributed by atoms with E-state index in [0.29, 0.717) is 5.75 Å². The zero-order valence-corrected chi connectivity index (χ0v) is 10.8. The van der Waals surface area contributed by atoms with Gasteiger partial charge in [0.1, 0.15) is 5.75 Å². The minimum absolute atomic E-state index is 0.0721. The van der Waals surface area contributed by atoms with Crippen molar-refractivity contribution in [3.05, 3.63) is 29.8 Å². The van der Waals surface area contributed by atoms with Crippen molar-refractivity contribution in [3.8, 4) is 5.75 Å². The summed E-state index contributed by atoms with van der Waals surface area (Å²) in [4.78, 5) is 11.2. The average molecular weight is 235 g/mol. The topological polar surface area (TPSA) is 52.3 Å². The van der Waals surface area contributed by atoms with Crippen LogP contribution in [0.2, 0.25) is 0 Å². The van der Waals surface area contributed by atoms with Crippen LogP contribution in [0.1, 0.15) is 32.8 Å². The van der Waals surface area contributed by atoms with E-state index < -0.39 is 12.0 Å². The van der Waals surface area contributed by atoms with Gasteiger partial charge in [0.2, 0.25) is 0 Å². The highest BCUT2D eigenvalue weighted by Gasteiger charge is 2.21. The fourth-order valence-corrected chi connectivity index (χ4v) is 1.69. The highest BCUT2D eigenvalue weighted by molar-refractivity contribution is 5.79. The molecule has 3 heteroatoms. The van der Waals surface area contributed by atoms with Crippen LogP contribution < -0.4 is 10.5 Å². The van der Waals surface area contributed by atoms with Gasteiger partial charge in [-0.25, -0.2) is 0 Å². The quantitative estimate of drug-likeness (QED) is 0.823. The van der Waals surface area contributed by atoms with Gasteiger partial charge in [0.05, 0.1) is 0 Å². The SMILES string of the molecule is CCCc1ccc(OC(C(N)=O)C(C)C)cc1. The lowest BCUT2D eigenvalue weighted by Gasteiger charge is -2.19. The van der Waals surface area contributed by atoms with E-state index in [1.807, 2.05) is 38.1 Å². The molecule has 1 unspecified atom stereocenters. The molecule has 0 fully saturated rings. The van der Waals surface area contributed by atoms with E-state index in [9.17, 15) is 4.79 Å². The molecule has 0 radical (unpaired) electrons. The Morgan fingerprint density at radius 3 is 2.29 bits per heavy atom. The summed E-state index contributed by atoms with van der Waals surface area (Å²) in [5.41, 5.74) is 6.58. The van der Waals surface area contributed by atoms with Gasteiger partial charge in [-0.05, 0) is 30.0 Å². The van der Waals surface area contributed by atoms with E-state index in [1.165, 1.54) is 5.56 Å². The molecule has 3 nitrogen and oxygen atoms in total. The third-order valence-electron chi connectivity index (χ3n) is 2.61. The number of carbonyl (C=O) groups is 1. The lowest BCUT2D eigenvalue weighted by molar-refractivity contribution is -0.126. The summed E-state index contributed by atoms with van der Waals surface area (Å²) in [6.07, 6.45) is 1.62. The zero-order chi connectivity index (χ0) is 12.8. The molecule has 0 aromatic heterocycles. The summed E-state index contributed by atoms with van der Waals surface area (Å²) >= 11 is 0. The summed E-state index contributed by atoms with van der Waals surface area (Å²) in [5, 5.41) is 0. The molecule has 0 heterocycles. The molecule has 0 saturated heterocycles. The Morgan fingerprint density at radius 1 is 1.29 bits per heavy atom. The molecule has 0 aliphatic heterocycles. The molecule has 1 rings (SSSR count). The number of hydrogen-bond acceptors (Lipinski definition) is 2. The minimum Gasteiger partial charge on any atom is -0.480 e. The van der Waals surface area contributed by atoms with Crippen LogP contribution in [0, 0.1) is 5.92 Å². The summed E-state index contributed by atoms with van der Waals surface area (Å²) in [7, 11) is 0. The Morgan fingerprint density at radius 2 is 1.88 bits per heavy atom. The average Bonchev–Trinajstić information content (AvgIpc) is 2.27. The van der Waals surface area contributed by atoms with E-state index in [0.717, 1.165) is 12.8 Å². The number of aryl methyl sites for hydroxylation is 1. The fourth-order valence-electron chi connectivity index (χ4n) is 1.69. The van der Waals surface area contributed by atoms with Gasteiger partial charge in [0, 0.05) is 0 Å². The van der Waals surface area contributed by atoms with Crippen molar-refractivity contribution in [1.82, 2.24) is 0 Å². The molecular formula is C14H21NO2. The summed E-state index contributed by atoms with van der Waals surface area (Å²) < 4.78 is 5.60. The van der Waals surface area contributed by atoms with Crippen LogP contribution in [0.25, 0.3) is 0 Å². The van der Waals surface area contributed by atoms with E-state index >= 15 is 0 Å². The molecule has 1 aromatic carbocycles. The smallest absolute Gasteiger partial charge is 0.258 e. The summed E-state index contributed by atoms with van der Waals surface area (Å²) in [6.45, 7) is 5.98. The van der Waals surface area contributed by atoms with E-state index in [-0.39, 0.29) is 5.92 Å². The Labute approximate surface area is 103 Å². The van der Waals surface area contributed by atoms with Crippen molar-refractivity contribution in [2.75, 3.05) is 0 Å². The van der Waals surface area contributed by atoms with Gasteiger partial charge in [0.25, 0.3) is 5.91 Å². The van der Waals surface area contributed by atoms with Gasteiger partial charge in [0.15, 0.2) is 6.10 Å². The van der Waals surface area contributed by atoms with Gasteiger partial charge in [-0.2, -0.15) is 0 Å². The second-order valence-electron chi connectivity index (χ2n) is 4.58. The Bertz CT molecular complexity index is 357. The molecule has 94 valence electrons. The monoisotopic (exact) mass is 235 g/mol. The van der Waals surface area contributed by atoms with E-state index in [4.69, 9.17) is 10.5 Å². The minimum atomic E-state index is -0.563. The third-order valence-corrected chi connectivity index (χ3v) is 2.61. The van der Waals surface area contributed by atoms with Gasteiger partial charge in [-0.3, -0.25) is 4.79 Å². The first kappa shape index (κ1) is 13.6. The molecule has 1 aromatic rings. The fraction of sp³-hybridized carbons (Fsp3) is 0.500. The predicted molar refractivity (Wildman–Crippen MR) is 68.9 cm³/mol. The van der Waals surface area contributed by atoms with Crippen LogP contribution in [0.3, 0.4) is 0 Å². The molecule has 0 aliphatic rings. The Hall–Kier alpha value is -1.51. The number of benzene rings is 1. The maximum absolute atomic E-state index is 11.2. The number of amides is 1. The summed E-state index contributed by atoms with van der Waals surface area (Å²) in [6, 6.07) is 7.83. The molecule has 0 bridgehead atoms. The van der Waals surface area contributed by atoms with Crippen LogP contribution >= 0.6 is 0 Å². The highest BCUT2D eigenvalue weighted by Crippen LogP contribution is 2.17. The number of rotatable bonds is 6. The van der Waals surface area contributed by atoms with Gasteiger partial charge >= 0.3 is 0 Å². The van der Waals surface area contributed by atoms with Gasteiger partial charge in [-0.1, -0.05) is 39.3 Å². The summed E-state index contributed by atoms with van der Waals surface area (Å²) in [5.74, 6) is 0.350. The van der Waals surface area contributed by atoms with Crippen LogP contribution in [0.5, 0.6) is 5.75 Å². The Kier molecular flexibility index (Phi) is 5.01. The number of carbonyl (C=O) groups excluding carboxylic acids is 1. The van der Waals surface area contributed by atoms with E-state index in [1.54, 1.807) is 0 Å². The number of ether oxygens (including phenoxy) is 1. The highest BCUT2D eigenvalue weighted by atomic mass is 16.5.